The number of rotatable bonds is 2. The molecule has 2 aliphatic heterocycles. The highest BCUT2D eigenvalue weighted by molar-refractivity contribution is 5.90. The second-order valence-corrected chi connectivity index (χ2v) is 8.31. The highest BCUT2D eigenvalue weighted by atomic mass is 16.6. The van der Waals surface area contributed by atoms with Crippen LogP contribution in [0.15, 0.2) is 24.3 Å². The van der Waals surface area contributed by atoms with Crippen molar-refractivity contribution in [2.45, 2.75) is 64.3 Å². The van der Waals surface area contributed by atoms with Gasteiger partial charge in [-0.25, -0.2) is 9.59 Å². The molecule has 0 spiro atoms. The van der Waals surface area contributed by atoms with E-state index in [1.807, 2.05) is 24.3 Å². The number of carbonyl (C=O) groups excluding carboxylic acids is 3. The van der Waals surface area contributed by atoms with Gasteiger partial charge < -0.3 is 14.4 Å². The van der Waals surface area contributed by atoms with Crippen molar-refractivity contribution in [1.82, 2.24) is 9.80 Å². The van der Waals surface area contributed by atoms with Crippen molar-refractivity contribution in [3.63, 3.8) is 0 Å². The highest BCUT2D eigenvalue weighted by Gasteiger charge is 2.43. The summed E-state index contributed by atoms with van der Waals surface area (Å²) in [5.74, 6) is -0.640. The second kappa shape index (κ2) is 7.81. The number of ether oxygens (including phenoxy) is 2. The average molecular weight is 388 g/mol. The lowest BCUT2D eigenvalue weighted by Gasteiger charge is -2.39. The van der Waals surface area contributed by atoms with Crippen LogP contribution >= 0.6 is 0 Å². The summed E-state index contributed by atoms with van der Waals surface area (Å²) in [5, 5.41) is 0. The summed E-state index contributed by atoms with van der Waals surface area (Å²) in [6, 6.07) is 6.49. The van der Waals surface area contributed by atoms with Crippen molar-refractivity contribution >= 4 is 18.0 Å². The van der Waals surface area contributed by atoms with Crippen molar-refractivity contribution in [2.24, 2.45) is 0 Å². The van der Waals surface area contributed by atoms with Crippen molar-refractivity contribution in [3.05, 3.63) is 35.4 Å². The zero-order valence-electron chi connectivity index (χ0n) is 16.9. The number of likely N-dealkylation sites (tertiary alicyclic amines) is 1. The molecule has 3 rings (SSSR count). The van der Waals surface area contributed by atoms with Gasteiger partial charge in [0.25, 0.3) is 0 Å². The zero-order chi connectivity index (χ0) is 20.5. The molecule has 2 amide bonds. The van der Waals surface area contributed by atoms with Crippen LogP contribution in [-0.2, 0) is 32.0 Å². The molecule has 1 fully saturated rings. The van der Waals surface area contributed by atoms with E-state index in [0.29, 0.717) is 25.9 Å². The topological polar surface area (TPSA) is 76.2 Å². The van der Waals surface area contributed by atoms with Gasteiger partial charge in [-0.05, 0) is 44.7 Å². The molecule has 0 saturated carbocycles. The number of nitrogens with zero attached hydrogens (tertiary/aromatic N) is 2. The van der Waals surface area contributed by atoms with E-state index in [0.717, 1.165) is 17.5 Å². The van der Waals surface area contributed by atoms with Crippen LogP contribution in [0.2, 0.25) is 0 Å². The summed E-state index contributed by atoms with van der Waals surface area (Å²) in [5.41, 5.74) is 1.38. The van der Waals surface area contributed by atoms with Crippen LogP contribution in [0.5, 0.6) is 0 Å². The summed E-state index contributed by atoms with van der Waals surface area (Å²) in [4.78, 5) is 41.4. The van der Waals surface area contributed by atoms with Crippen LogP contribution in [0, 0.1) is 0 Å². The van der Waals surface area contributed by atoms with Gasteiger partial charge in [-0.1, -0.05) is 24.3 Å². The number of benzene rings is 1. The first-order valence-electron chi connectivity index (χ1n) is 9.66. The molecule has 1 aromatic carbocycles. The maximum absolute atomic E-state index is 13.4. The summed E-state index contributed by atoms with van der Waals surface area (Å²) >= 11 is 0. The monoisotopic (exact) mass is 388 g/mol. The Kier molecular flexibility index (Phi) is 5.63. The molecule has 2 heterocycles. The van der Waals surface area contributed by atoms with Gasteiger partial charge in [0.1, 0.15) is 17.7 Å². The number of methoxy groups -OCH3 is 1. The first-order chi connectivity index (χ1) is 13.2. The van der Waals surface area contributed by atoms with Crippen LogP contribution in [0.1, 0.15) is 44.7 Å². The molecule has 0 radical (unpaired) electrons. The molecule has 7 heteroatoms. The van der Waals surface area contributed by atoms with Crippen LogP contribution in [0.25, 0.3) is 0 Å². The smallest absolute Gasteiger partial charge is 0.411 e. The molecule has 2 aliphatic rings. The average Bonchev–Trinajstić information content (AvgIpc) is 3.14. The fourth-order valence-corrected chi connectivity index (χ4v) is 3.86. The second-order valence-electron chi connectivity index (χ2n) is 8.31. The first-order valence-corrected chi connectivity index (χ1v) is 9.66. The van der Waals surface area contributed by atoms with E-state index in [1.165, 1.54) is 12.0 Å². The van der Waals surface area contributed by atoms with E-state index in [-0.39, 0.29) is 5.91 Å². The normalized spacial score (nSPS) is 21.9. The number of fused-ring (bicyclic) bond motifs is 1. The lowest BCUT2D eigenvalue weighted by Crippen LogP contribution is -2.56. The van der Waals surface area contributed by atoms with Gasteiger partial charge in [0.05, 0.1) is 13.7 Å². The molecule has 152 valence electrons. The van der Waals surface area contributed by atoms with Gasteiger partial charge in [0.2, 0.25) is 5.91 Å². The minimum absolute atomic E-state index is 0.228. The molecule has 0 unspecified atom stereocenters. The van der Waals surface area contributed by atoms with E-state index in [9.17, 15) is 14.4 Å². The molecule has 0 bridgehead atoms. The van der Waals surface area contributed by atoms with Crippen LogP contribution in [-0.4, -0.2) is 59.1 Å². The number of hydrogen-bond acceptors (Lipinski definition) is 5. The van der Waals surface area contributed by atoms with Gasteiger partial charge in [0.15, 0.2) is 0 Å². The summed E-state index contributed by atoms with van der Waals surface area (Å²) in [7, 11) is 1.33. The molecule has 28 heavy (non-hydrogen) atoms. The predicted molar refractivity (Wildman–Crippen MR) is 102 cm³/mol. The Balaban J connectivity index is 1.89. The third-order valence-electron chi connectivity index (χ3n) is 5.17. The van der Waals surface area contributed by atoms with Crippen LogP contribution in [0.3, 0.4) is 0 Å². The highest BCUT2D eigenvalue weighted by Crippen LogP contribution is 2.29. The molecular weight excluding hydrogens is 360 g/mol. The maximum Gasteiger partial charge on any atom is 0.411 e. The molecular formula is C21H28N2O5. The number of esters is 1. The van der Waals surface area contributed by atoms with Crippen LogP contribution in [0.4, 0.5) is 4.79 Å². The third-order valence-corrected chi connectivity index (χ3v) is 5.17. The van der Waals surface area contributed by atoms with Crippen molar-refractivity contribution in [1.29, 1.82) is 0 Å². The van der Waals surface area contributed by atoms with Gasteiger partial charge in [-0.15, -0.1) is 0 Å². The summed E-state index contributed by atoms with van der Waals surface area (Å²) in [6.45, 7) is 6.19. The summed E-state index contributed by atoms with van der Waals surface area (Å²) < 4.78 is 10.4. The number of hydrogen-bond donors (Lipinski definition) is 0. The molecule has 1 aromatic rings. The summed E-state index contributed by atoms with van der Waals surface area (Å²) in [6.07, 6.45) is 1.20. The van der Waals surface area contributed by atoms with Gasteiger partial charge >= 0.3 is 12.1 Å². The molecule has 2 atom stereocenters. The van der Waals surface area contributed by atoms with Crippen LogP contribution < -0.4 is 0 Å². The molecule has 0 aromatic heterocycles. The largest absolute Gasteiger partial charge is 0.467 e. The zero-order valence-corrected chi connectivity index (χ0v) is 16.9. The Morgan fingerprint density at radius 2 is 1.71 bits per heavy atom. The van der Waals surface area contributed by atoms with Crippen molar-refractivity contribution in [3.8, 4) is 0 Å². The van der Waals surface area contributed by atoms with E-state index in [2.05, 4.69) is 0 Å². The maximum atomic E-state index is 13.4. The van der Waals surface area contributed by atoms with Gasteiger partial charge in [0, 0.05) is 13.0 Å². The van der Waals surface area contributed by atoms with E-state index >= 15 is 0 Å². The Morgan fingerprint density at radius 1 is 1.04 bits per heavy atom. The number of amides is 2. The predicted octanol–water partition coefficient (Wildman–Crippen LogP) is 2.51. The SMILES string of the molecule is COC(=O)[C@@H]1CCCN1C(=O)[C@@H]1Cc2ccccc2CN1C(=O)OC(C)(C)C. The number of carbonyl (C=O) groups is 3. The van der Waals surface area contributed by atoms with Crippen molar-refractivity contribution < 1.29 is 23.9 Å². The van der Waals surface area contributed by atoms with Crippen molar-refractivity contribution in [2.75, 3.05) is 13.7 Å². The Morgan fingerprint density at radius 3 is 2.36 bits per heavy atom. The molecule has 0 N–H and O–H groups in total. The Labute approximate surface area is 165 Å². The quantitative estimate of drug-likeness (QED) is 0.728. The van der Waals surface area contributed by atoms with Gasteiger partial charge in [-0.3, -0.25) is 9.69 Å². The van der Waals surface area contributed by atoms with E-state index in [4.69, 9.17) is 9.47 Å². The first kappa shape index (κ1) is 20.2. The minimum atomic E-state index is -0.699. The Bertz CT molecular complexity index is 770. The molecule has 0 aliphatic carbocycles. The third kappa shape index (κ3) is 4.13. The molecule has 1 saturated heterocycles. The van der Waals surface area contributed by atoms with E-state index < -0.39 is 29.7 Å². The minimum Gasteiger partial charge on any atom is -0.467 e. The lowest BCUT2D eigenvalue weighted by molar-refractivity contribution is -0.153. The fourth-order valence-electron chi connectivity index (χ4n) is 3.86. The van der Waals surface area contributed by atoms with E-state index in [1.54, 1.807) is 25.7 Å². The standard InChI is InChI=1S/C21H28N2O5/c1-21(2,3)28-20(26)23-13-15-9-6-5-8-14(15)12-17(23)18(24)22-11-7-10-16(22)19(25)27-4/h5-6,8-9,16-17H,7,10-13H2,1-4H3/t16-,17-/m0/s1. The lowest BCUT2D eigenvalue weighted by atomic mass is 9.93. The molecule has 7 nitrogen and oxygen atoms in total. The van der Waals surface area contributed by atoms with Gasteiger partial charge in [-0.2, -0.15) is 0 Å². The Hall–Kier alpha value is -2.57. The fraction of sp³-hybridized carbons (Fsp3) is 0.571.